The Balaban J connectivity index is 1.75. The van der Waals surface area contributed by atoms with Crippen molar-refractivity contribution in [3.8, 4) is 0 Å². The number of halogens is 1. The number of aromatic nitrogens is 2. The number of carbonyl (C=O) groups is 2. The van der Waals surface area contributed by atoms with E-state index < -0.39 is 5.91 Å². The first kappa shape index (κ1) is 18.3. The highest BCUT2D eigenvalue weighted by Crippen LogP contribution is 2.22. The molecule has 0 saturated carbocycles. The number of carbonyl (C=O) groups excluding carboxylic acids is 2. The average Bonchev–Trinajstić information content (AvgIpc) is 2.63. The van der Waals surface area contributed by atoms with Gasteiger partial charge in [0.1, 0.15) is 17.8 Å². The normalized spacial score (nSPS) is 10.1. The lowest BCUT2D eigenvalue weighted by Gasteiger charge is -2.10. The third-order valence-electron chi connectivity index (χ3n) is 3.48. The predicted molar refractivity (Wildman–Crippen MR) is 105 cm³/mol. The summed E-state index contributed by atoms with van der Waals surface area (Å²) in [5.74, 6) is -0.123. The third-order valence-corrected chi connectivity index (χ3v) is 3.81. The van der Waals surface area contributed by atoms with Crippen LogP contribution in [0.1, 0.15) is 17.4 Å². The molecular weight excluding hydrogens is 366 g/mol. The van der Waals surface area contributed by atoms with Crippen LogP contribution in [0, 0.1) is 0 Å². The molecule has 3 aromatic rings. The summed E-state index contributed by atoms with van der Waals surface area (Å²) in [6.07, 6.45) is 1.29. The zero-order valence-electron chi connectivity index (χ0n) is 14.4. The molecule has 2 aromatic carbocycles. The van der Waals surface area contributed by atoms with Crippen LogP contribution in [-0.4, -0.2) is 21.8 Å². The average molecular weight is 382 g/mol. The molecular formula is C19H16ClN5O2. The summed E-state index contributed by atoms with van der Waals surface area (Å²) in [6.45, 7) is 1.44. The van der Waals surface area contributed by atoms with E-state index in [0.717, 1.165) is 0 Å². The highest BCUT2D eigenvalue weighted by molar-refractivity contribution is 6.33. The monoisotopic (exact) mass is 381 g/mol. The van der Waals surface area contributed by atoms with E-state index in [2.05, 4.69) is 25.9 Å². The lowest BCUT2D eigenvalue weighted by molar-refractivity contribution is -0.114. The molecule has 3 rings (SSSR count). The van der Waals surface area contributed by atoms with E-state index in [0.29, 0.717) is 27.9 Å². The smallest absolute Gasteiger partial charge is 0.274 e. The Morgan fingerprint density at radius 2 is 1.70 bits per heavy atom. The van der Waals surface area contributed by atoms with E-state index in [-0.39, 0.29) is 11.6 Å². The van der Waals surface area contributed by atoms with Crippen LogP contribution >= 0.6 is 11.6 Å². The maximum atomic E-state index is 12.4. The van der Waals surface area contributed by atoms with Gasteiger partial charge in [0.2, 0.25) is 5.91 Å². The molecule has 0 aliphatic rings. The molecule has 8 heteroatoms. The van der Waals surface area contributed by atoms with Gasteiger partial charge in [-0.05, 0) is 30.3 Å². The van der Waals surface area contributed by atoms with Crippen LogP contribution in [0.4, 0.5) is 22.9 Å². The Morgan fingerprint density at radius 1 is 0.926 bits per heavy atom. The number of hydrogen-bond donors (Lipinski definition) is 3. The molecule has 1 heterocycles. The van der Waals surface area contributed by atoms with Gasteiger partial charge in [0, 0.05) is 24.4 Å². The number of rotatable bonds is 5. The maximum Gasteiger partial charge on any atom is 0.274 e. The number of benzene rings is 2. The van der Waals surface area contributed by atoms with Crippen molar-refractivity contribution in [3.05, 3.63) is 71.6 Å². The quantitative estimate of drug-likeness (QED) is 0.618. The van der Waals surface area contributed by atoms with Crippen LogP contribution in [0.15, 0.2) is 60.9 Å². The molecule has 2 amide bonds. The van der Waals surface area contributed by atoms with Crippen molar-refractivity contribution in [2.75, 3.05) is 16.0 Å². The van der Waals surface area contributed by atoms with Crippen LogP contribution in [0.3, 0.4) is 0 Å². The summed E-state index contributed by atoms with van der Waals surface area (Å²) < 4.78 is 0. The van der Waals surface area contributed by atoms with E-state index in [4.69, 9.17) is 11.6 Å². The molecule has 7 nitrogen and oxygen atoms in total. The lowest BCUT2D eigenvalue weighted by atomic mass is 10.2. The molecule has 0 radical (unpaired) electrons. The number of amides is 2. The topological polar surface area (TPSA) is 96.0 Å². The van der Waals surface area contributed by atoms with Gasteiger partial charge in [-0.25, -0.2) is 9.97 Å². The molecule has 0 atom stereocenters. The summed E-state index contributed by atoms with van der Waals surface area (Å²) in [7, 11) is 0. The van der Waals surface area contributed by atoms with Gasteiger partial charge < -0.3 is 16.0 Å². The Bertz CT molecular complexity index is 993. The number of nitrogens with one attached hydrogen (secondary N) is 3. The van der Waals surface area contributed by atoms with E-state index in [1.54, 1.807) is 42.5 Å². The fourth-order valence-corrected chi connectivity index (χ4v) is 2.51. The Morgan fingerprint density at radius 3 is 2.48 bits per heavy atom. The van der Waals surface area contributed by atoms with E-state index >= 15 is 0 Å². The second-order valence-electron chi connectivity index (χ2n) is 5.61. The SMILES string of the molecule is CC(=O)Nc1cccc(Nc2cc(C(=O)Nc3ccccc3Cl)ncn2)c1. The van der Waals surface area contributed by atoms with Gasteiger partial charge in [0.15, 0.2) is 0 Å². The van der Waals surface area contributed by atoms with E-state index in [1.165, 1.54) is 19.3 Å². The lowest BCUT2D eigenvalue weighted by Crippen LogP contribution is -2.14. The van der Waals surface area contributed by atoms with E-state index in [1.807, 2.05) is 6.07 Å². The molecule has 0 spiro atoms. The van der Waals surface area contributed by atoms with Crippen molar-refractivity contribution < 1.29 is 9.59 Å². The van der Waals surface area contributed by atoms with Crippen LogP contribution in [0.25, 0.3) is 0 Å². The molecule has 1 aromatic heterocycles. The second kappa shape index (κ2) is 8.29. The molecule has 0 fully saturated rings. The van der Waals surface area contributed by atoms with Gasteiger partial charge in [-0.1, -0.05) is 29.8 Å². The summed E-state index contributed by atoms with van der Waals surface area (Å²) in [6, 6.07) is 15.6. The maximum absolute atomic E-state index is 12.4. The van der Waals surface area contributed by atoms with Crippen LogP contribution in [0.5, 0.6) is 0 Å². The predicted octanol–water partition coefficient (Wildman–Crippen LogP) is 4.08. The van der Waals surface area contributed by atoms with Crippen LogP contribution in [-0.2, 0) is 4.79 Å². The van der Waals surface area contributed by atoms with Crippen molar-refractivity contribution >= 4 is 46.3 Å². The number of para-hydroxylation sites is 1. The van der Waals surface area contributed by atoms with Gasteiger partial charge in [0.25, 0.3) is 5.91 Å². The van der Waals surface area contributed by atoms with Gasteiger partial charge in [0.05, 0.1) is 10.7 Å². The molecule has 27 heavy (non-hydrogen) atoms. The van der Waals surface area contributed by atoms with Gasteiger partial charge in [-0.2, -0.15) is 0 Å². The Labute approximate surface area is 160 Å². The fourth-order valence-electron chi connectivity index (χ4n) is 2.32. The van der Waals surface area contributed by atoms with Crippen LogP contribution in [0.2, 0.25) is 5.02 Å². The van der Waals surface area contributed by atoms with Crippen molar-refractivity contribution in [3.63, 3.8) is 0 Å². The molecule has 0 aliphatic carbocycles. The number of hydrogen-bond acceptors (Lipinski definition) is 5. The highest BCUT2D eigenvalue weighted by atomic mass is 35.5. The molecule has 136 valence electrons. The van der Waals surface area contributed by atoms with Crippen molar-refractivity contribution in [1.82, 2.24) is 9.97 Å². The van der Waals surface area contributed by atoms with Crippen molar-refractivity contribution in [1.29, 1.82) is 0 Å². The standard InChI is InChI=1S/C19H16ClN5O2/c1-12(26)23-13-5-4-6-14(9-13)24-18-10-17(21-11-22-18)19(27)25-16-8-3-2-7-15(16)20/h2-11H,1H3,(H,23,26)(H,25,27)(H,21,22,24). The number of anilines is 4. The first-order valence-corrected chi connectivity index (χ1v) is 8.41. The number of nitrogens with zero attached hydrogens (tertiary/aromatic N) is 2. The minimum atomic E-state index is -0.402. The van der Waals surface area contributed by atoms with Gasteiger partial charge in [-0.3, -0.25) is 9.59 Å². The molecule has 3 N–H and O–H groups in total. The van der Waals surface area contributed by atoms with Crippen LogP contribution < -0.4 is 16.0 Å². The summed E-state index contributed by atoms with van der Waals surface area (Å²) in [5.41, 5.74) is 2.04. The largest absolute Gasteiger partial charge is 0.340 e. The van der Waals surface area contributed by atoms with Crippen molar-refractivity contribution in [2.24, 2.45) is 0 Å². The third kappa shape index (κ3) is 5.02. The first-order chi connectivity index (χ1) is 13.0. The summed E-state index contributed by atoms with van der Waals surface area (Å²) in [5, 5.41) is 8.93. The molecule has 0 unspecified atom stereocenters. The first-order valence-electron chi connectivity index (χ1n) is 8.04. The van der Waals surface area contributed by atoms with Gasteiger partial charge in [-0.15, -0.1) is 0 Å². The van der Waals surface area contributed by atoms with Crippen molar-refractivity contribution in [2.45, 2.75) is 6.92 Å². The highest BCUT2D eigenvalue weighted by Gasteiger charge is 2.11. The minimum absolute atomic E-state index is 0.160. The molecule has 0 aliphatic heterocycles. The Hall–Kier alpha value is -3.45. The Kier molecular flexibility index (Phi) is 5.63. The molecule has 0 bridgehead atoms. The van der Waals surface area contributed by atoms with Gasteiger partial charge >= 0.3 is 0 Å². The summed E-state index contributed by atoms with van der Waals surface area (Å²) >= 11 is 6.06. The second-order valence-corrected chi connectivity index (χ2v) is 6.02. The summed E-state index contributed by atoms with van der Waals surface area (Å²) in [4.78, 5) is 31.7. The zero-order valence-corrected chi connectivity index (χ0v) is 15.1. The fraction of sp³-hybridized carbons (Fsp3) is 0.0526. The molecule has 0 saturated heterocycles. The van der Waals surface area contributed by atoms with E-state index in [9.17, 15) is 9.59 Å². The minimum Gasteiger partial charge on any atom is -0.340 e. The zero-order chi connectivity index (χ0) is 19.2.